The minimum atomic E-state index is -0.528. The molecule has 0 spiro atoms. The molecule has 0 radical (unpaired) electrons. The fraction of sp³-hybridized carbons (Fsp3) is 0.0714. The predicted octanol–water partition coefficient (Wildman–Crippen LogP) is 4.52. The van der Waals surface area contributed by atoms with Crippen molar-refractivity contribution in [1.82, 2.24) is 0 Å². The van der Waals surface area contributed by atoms with E-state index in [2.05, 4.69) is 43.8 Å². The number of non-ortho nitro benzene ring substituents is 1. The van der Waals surface area contributed by atoms with Gasteiger partial charge < -0.3 is 5.32 Å². The topological polar surface area (TPSA) is 72.2 Å². The largest absolute Gasteiger partial charge is 0.322 e. The predicted molar refractivity (Wildman–Crippen MR) is 92.6 cm³/mol. The number of rotatable bonds is 3. The monoisotopic (exact) mass is 460 g/mol. The molecule has 2 rings (SSSR count). The Bertz CT molecular complexity index is 734. The molecule has 108 valence electrons. The van der Waals surface area contributed by atoms with Gasteiger partial charge in [0, 0.05) is 25.9 Å². The molecule has 0 saturated carbocycles. The summed E-state index contributed by atoms with van der Waals surface area (Å²) < 4.78 is 1.58. The highest BCUT2D eigenvalue weighted by atomic mass is 127. The van der Waals surface area contributed by atoms with Crippen LogP contribution in [0.5, 0.6) is 0 Å². The normalized spacial score (nSPS) is 10.2. The molecule has 1 N–H and O–H groups in total. The first-order valence-corrected chi connectivity index (χ1v) is 7.77. The molecule has 0 unspecified atom stereocenters. The summed E-state index contributed by atoms with van der Waals surface area (Å²) in [6, 6.07) is 9.72. The molecule has 0 aliphatic rings. The average molecular weight is 461 g/mol. The van der Waals surface area contributed by atoms with Gasteiger partial charge in [-0.1, -0.05) is 0 Å². The number of carbonyl (C=O) groups is 1. The van der Waals surface area contributed by atoms with Crippen molar-refractivity contribution < 1.29 is 9.72 Å². The second kappa shape index (κ2) is 6.52. The summed E-state index contributed by atoms with van der Waals surface area (Å²) in [5.74, 6) is -0.394. The molecule has 0 bridgehead atoms. The maximum atomic E-state index is 12.3. The SMILES string of the molecule is Cc1cc(I)ccc1NC(=O)c1cc([N+](=O)[O-])ccc1Br. The maximum absolute atomic E-state index is 12.3. The van der Waals surface area contributed by atoms with Crippen LogP contribution in [0.15, 0.2) is 40.9 Å². The molecule has 1 amide bonds. The number of hydrogen-bond acceptors (Lipinski definition) is 3. The molecule has 7 heteroatoms. The van der Waals surface area contributed by atoms with Crippen molar-refractivity contribution in [2.45, 2.75) is 6.92 Å². The molecule has 0 aliphatic carbocycles. The second-order valence-corrected chi connectivity index (χ2v) is 6.43. The van der Waals surface area contributed by atoms with E-state index in [9.17, 15) is 14.9 Å². The lowest BCUT2D eigenvalue weighted by Gasteiger charge is -2.10. The fourth-order valence-corrected chi connectivity index (χ4v) is 2.83. The number of anilines is 1. The second-order valence-electron chi connectivity index (χ2n) is 4.33. The van der Waals surface area contributed by atoms with Crippen LogP contribution in [0.2, 0.25) is 0 Å². The van der Waals surface area contributed by atoms with Crippen LogP contribution < -0.4 is 5.32 Å². The summed E-state index contributed by atoms with van der Waals surface area (Å²) in [4.78, 5) is 22.5. The minimum absolute atomic E-state index is 0.123. The van der Waals surface area contributed by atoms with E-state index < -0.39 is 10.8 Å². The minimum Gasteiger partial charge on any atom is -0.322 e. The Morgan fingerprint density at radius 1 is 1.29 bits per heavy atom. The summed E-state index contributed by atoms with van der Waals surface area (Å²) in [5, 5.41) is 13.6. The molecule has 0 aliphatic heterocycles. The van der Waals surface area contributed by atoms with E-state index in [-0.39, 0.29) is 11.3 Å². The van der Waals surface area contributed by atoms with Gasteiger partial charge in [0.05, 0.1) is 10.5 Å². The Kier molecular flexibility index (Phi) is 4.94. The van der Waals surface area contributed by atoms with Crippen molar-refractivity contribution in [2.75, 3.05) is 5.32 Å². The van der Waals surface area contributed by atoms with Gasteiger partial charge in [0.1, 0.15) is 0 Å². The van der Waals surface area contributed by atoms with Crippen LogP contribution in [-0.4, -0.2) is 10.8 Å². The highest BCUT2D eigenvalue weighted by molar-refractivity contribution is 14.1. The van der Waals surface area contributed by atoms with Crippen LogP contribution in [0.3, 0.4) is 0 Å². The number of carbonyl (C=O) groups excluding carboxylic acids is 1. The molecular formula is C14H10BrIN2O3. The number of nitrogens with one attached hydrogen (secondary N) is 1. The summed E-state index contributed by atoms with van der Waals surface area (Å²) in [6.45, 7) is 1.89. The van der Waals surface area contributed by atoms with Crippen LogP contribution in [0.25, 0.3) is 0 Å². The molecule has 0 aromatic heterocycles. The number of hydrogen-bond donors (Lipinski definition) is 1. The van der Waals surface area contributed by atoms with Gasteiger partial charge in [-0.15, -0.1) is 0 Å². The van der Waals surface area contributed by atoms with Crippen molar-refractivity contribution in [3.05, 3.63) is 65.7 Å². The standard InChI is InChI=1S/C14H10BrIN2O3/c1-8-6-9(16)2-5-13(8)17-14(19)11-7-10(18(20)21)3-4-12(11)15/h2-7H,1H3,(H,17,19). The van der Waals surface area contributed by atoms with Crippen LogP contribution in [-0.2, 0) is 0 Å². The number of nitro groups is 1. The number of halogens is 2. The van der Waals surface area contributed by atoms with E-state index in [0.717, 1.165) is 9.13 Å². The van der Waals surface area contributed by atoms with Gasteiger partial charge in [0.25, 0.3) is 11.6 Å². The lowest BCUT2D eigenvalue weighted by atomic mass is 10.1. The number of nitrogens with zero attached hydrogens (tertiary/aromatic N) is 1. The quantitative estimate of drug-likeness (QED) is 0.415. The third-order valence-electron chi connectivity index (χ3n) is 2.84. The molecule has 0 heterocycles. The molecule has 0 fully saturated rings. The summed E-state index contributed by atoms with van der Waals surface area (Å²) in [6.07, 6.45) is 0. The first kappa shape index (κ1) is 15.9. The van der Waals surface area contributed by atoms with Crippen molar-refractivity contribution >= 4 is 55.8 Å². The number of nitro benzene ring substituents is 1. The zero-order valence-electron chi connectivity index (χ0n) is 10.9. The maximum Gasteiger partial charge on any atom is 0.270 e. The smallest absolute Gasteiger partial charge is 0.270 e. The van der Waals surface area contributed by atoms with Crippen LogP contribution in [0.1, 0.15) is 15.9 Å². The number of amides is 1. The third kappa shape index (κ3) is 3.79. The lowest BCUT2D eigenvalue weighted by molar-refractivity contribution is -0.384. The van der Waals surface area contributed by atoms with Crippen molar-refractivity contribution in [1.29, 1.82) is 0 Å². The lowest BCUT2D eigenvalue weighted by Crippen LogP contribution is -2.13. The van der Waals surface area contributed by atoms with Crippen molar-refractivity contribution in [3.8, 4) is 0 Å². The van der Waals surface area contributed by atoms with Crippen LogP contribution in [0, 0.1) is 20.6 Å². The average Bonchev–Trinajstić information content (AvgIpc) is 2.42. The molecule has 0 saturated heterocycles. The highest BCUT2D eigenvalue weighted by Gasteiger charge is 2.16. The summed E-state index contributed by atoms with van der Waals surface area (Å²) >= 11 is 5.43. The van der Waals surface area contributed by atoms with Gasteiger partial charge in [-0.05, 0) is 75.3 Å². The highest BCUT2D eigenvalue weighted by Crippen LogP contribution is 2.24. The van der Waals surface area contributed by atoms with E-state index in [1.54, 1.807) is 6.07 Å². The van der Waals surface area contributed by atoms with Crippen LogP contribution >= 0.6 is 38.5 Å². The van der Waals surface area contributed by atoms with Gasteiger partial charge in [0.2, 0.25) is 0 Å². The summed E-state index contributed by atoms with van der Waals surface area (Å²) in [7, 11) is 0. The van der Waals surface area contributed by atoms with Crippen LogP contribution in [0.4, 0.5) is 11.4 Å². The third-order valence-corrected chi connectivity index (χ3v) is 4.20. The van der Waals surface area contributed by atoms with Gasteiger partial charge in [-0.25, -0.2) is 0 Å². The summed E-state index contributed by atoms with van der Waals surface area (Å²) in [5.41, 5.74) is 1.71. The zero-order chi connectivity index (χ0) is 15.6. The first-order valence-electron chi connectivity index (χ1n) is 5.90. The van der Waals surface area contributed by atoms with Gasteiger partial charge in [0.15, 0.2) is 0 Å². The first-order chi connectivity index (χ1) is 9.88. The van der Waals surface area contributed by atoms with Gasteiger partial charge in [-0.2, -0.15) is 0 Å². The Labute approximate surface area is 143 Å². The fourth-order valence-electron chi connectivity index (χ4n) is 1.76. The van der Waals surface area contributed by atoms with Gasteiger partial charge >= 0.3 is 0 Å². The Morgan fingerprint density at radius 2 is 2.00 bits per heavy atom. The zero-order valence-corrected chi connectivity index (χ0v) is 14.6. The molecule has 21 heavy (non-hydrogen) atoms. The molecular weight excluding hydrogens is 451 g/mol. The Morgan fingerprint density at radius 3 is 2.62 bits per heavy atom. The van der Waals surface area contributed by atoms with E-state index in [1.807, 2.05) is 19.1 Å². The van der Waals surface area contributed by atoms with E-state index in [1.165, 1.54) is 18.2 Å². The number of benzene rings is 2. The van der Waals surface area contributed by atoms with Gasteiger partial charge in [-0.3, -0.25) is 14.9 Å². The van der Waals surface area contributed by atoms with Crippen molar-refractivity contribution in [3.63, 3.8) is 0 Å². The van der Waals surface area contributed by atoms with E-state index in [0.29, 0.717) is 10.2 Å². The van der Waals surface area contributed by atoms with E-state index >= 15 is 0 Å². The Hall–Kier alpha value is -1.48. The van der Waals surface area contributed by atoms with E-state index in [4.69, 9.17) is 0 Å². The number of aryl methyl sites for hydroxylation is 1. The molecule has 0 atom stereocenters. The molecule has 2 aromatic rings. The molecule has 5 nitrogen and oxygen atoms in total. The Balaban J connectivity index is 2.32. The van der Waals surface area contributed by atoms with Crippen molar-refractivity contribution in [2.24, 2.45) is 0 Å². The molecule has 2 aromatic carbocycles.